The predicted octanol–water partition coefficient (Wildman–Crippen LogP) is 0.0846. The quantitative estimate of drug-likeness (QED) is 0.838. The number of carbonyl (C=O) groups is 1. The Morgan fingerprint density at radius 1 is 1.20 bits per heavy atom. The Kier molecular flexibility index (Phi) is 4.02. The standard InChI is InChI=1S/C11H12F2N2O4S/c12-8-5-7(10(6-9(8)13)20(14,17)18)11(16)15-1-3-19-4-2-15/h5-6H,1-4H2,(H2,14,17,18). The molecule has 0 bridgehead atoms. The van der Waals surface area contributed by atoms with E-state index in [4.69, 9.17) is 9.88 Å². The molecule has 6 nitrogen and oxygen atoms in total. The molecule has 1 amide bonds. The van der Waals surface area contributed by atoms with E-state index in [9.17, 15) is 22.0 Å². The fourth-order valence-electron chi connectivity index (χ4n) is 1.87. The molecule has 1 heterocycles. The van der Waals surface area contributed by atoms with Crippen LogP contribution in [0.5, 0.6) is 0 Å². The summed E-state index contributed by atoms with van der Waals surface area (Å²) in [5.41, 5.74) is -0.478. The Morgan fingerprint density at radius 2 is 1.75 bits per heavy atom. The molecule has 110 valence electrons. The minimum absolute atomic E-state index is 0.238. The van der Waals surface area contributed by atoms with Crippen molar-refractivity contribution >= 4 is 15.9 Å². The third-order valence-corrected chi connectivity index (χ3v) is 3.81. The molecule has 1 saturated heterocycles. The van der Waals surface area contributed by atoms with Gasteiger partial charge in [0.25, 0.3) is 5.91 Å². The summed E-state index contributed by atoms with van der Waals surface area (Å²) in [5.74, 6) is -3.42. The molecular weight excluding hydrogens is 294 g/mol. The van der Waals surface area contributed by atoms with E-state index < -0.39 is 38.0 Å². The van der Waals surface area contributed by atoms with Crippen LogP contribution in [0.15, 0.2) is 17.0 Å². The van der Waals surface area contributed by atoms with E-state index in [-0.39, 0.29) is 13.1 Å². The van der Waals surface area contributed by atoms with E-state index in [0.717, 1.165) is 0 Å². The van der Waals surface area contributed by atoms with E-state index in [1.807, 2.05) is 0 Å². The molecular formula is C11H12F2N2O4S. The number of morpholine rings is 1. The molecule has 0 unspecified atom stereocenters. The second-order valence-corrected chi connectivity index (χ2v) is 5.74. The number of carbonyl (C=O) groups excluding carboxylic acids is 1. The first-order chi connectivity index (χ1) is 9.30. The Bertz CT molecular complexity index is 642. The highest BCUT2D eigenvalue weighted by atomic mass is 32.2. The van der Waals surface area contributed by atoms with Gasteiger partial charge in [0.1, 0.15) is 0 Å². The first kappa shape index (κ1) is 14.8. The maximum absolute atomic E-state index is 13.3. The van der Waals surface area contributed by atoms with Crippen LogP contribution in [0.3, 0.4) is 0 Å². The van der Waals surface area contributed by atoms with E-state index in [2.05, 4.69) is 0 Å². The van der Waals surface area contributed by atoms with Gasteiger partial charge in [-0.3, -0.25) is 4.79 Å². The molecule has 0 atom stereocenters. The fraction of sp³-hybridized carbons (Fsp3) is 0.364. The van der Waals surface area contributed by atoms with Crippen LogP contribution in [0.2, 0.25) is 0 Å². The molecule has 0 saturated carbocycles. The molecule has 0 aromatic heterocycles. The molecule has 1 aliphatic rings. The van der Waals surface area contributed by atoms with Gasteiger partial charge in [0, 0.05) is 13.1 Å². The summed E-state index contributed by atoms with van der Waals surface area (Å²) in [6.45, 7) is 1.06. The van der Waals surface area contributed by atoms with Gasteiger partial charge in [0.15, 0.2) is 11.6 Å². The van der Waals surface area contributed by atoms with Crippen molar-refractivity contribution in [1.82, 2.24) is 4.90 Å². The topological polar surface area (TPSA) is 89.7 Å². The largest absolute Gasteiger partial charge is 0.378 e. The van der Waals surface area contributed by atoms with E-state index in [1.165, 1.54) is 4.90 Å². The summed E-state index contributed by atoms with van der Waals surface area (Å²) < 4.78 is 54.3. The van der Waals surface area contributed by atoms with Gasteiger partial charge in [-0.1, -0.05) is 0 Å². The number of rotatable bonds is 2. The summed E-state index contributed by atoms with van der Waals surface area (Å²) in [7, 11) is -4.34. The molecule has 1 aromatic carbocycles. The molecule has 1 aromatic rings. The van der Waals surface area contributed by atoms with Crippen molar-refractivity contribution in [3.63, 3.8) is 0 Å². The first-order valence-electron chi connectivity index (χ1n) is 5.69. The monoisotopic (exact) mass is 306 g/mol. The second-order valence-electron chi connectivity index (χ2n) is 4.21. The van der Waals surface area contributed by atoms with Crippen molar-refractivity contribution in [3.05, 3.63) is 29.3 Å². The van der Waals surface area contributed by atoms with Gasteiger partial charge >= 0.3 is 0 Å². The third-order valence-electron chi connectivity index (χ3n) is 2.86. The number of sulfonamides is 1. The van der Waals surface area contributed by atoms with Crippen molar-refractivity contribution in [3.8, 4) is 0 Å². The number of hydrogen-bond donors (Lipinski definition) is 1. The third kappa shape index (κ3) is 2.94. The zero-order valence-corrected chi connectivity index (χ0v) is 11.1. The lowest BCUT2D eigenvalue weighted by atomic mass is 10.1. The number of nitrogens with two attached hydrogens (primary N) is 1. The summed E-state index contributed by atoms with van der Waals surface area (Å²) >= 11 is 0. The van der Waals surface area contributed by atoms with Crippen LogP contribution >= 0.6 is 0 Å². The number of amides is 1. The molecule has 9 heteroatoms. The maximum Gasteiger partial charge on any atom is 0.255 e. The molecule has 0 aliphatic carbocycles. The number of nitrogens with zero attached hydrogens (tertiary/aromatic N) is 1. The average molecular weight is 306 g/mol. The van der Waals surface area contributed by atoms with Crippen molar-refractivity contribution in [2.24, 2.45) is 5.14 Å². The number of benzene rings is 1. The Labute approximate surface area is 114 Å². The lowest BCUT2D eigenvalue weighted by molar-refractivity contribution is 0.0300. The minimum Gasteiger partial charge on any atom is -0.378 e. The molecule has 2 rings (SSSR count). The smallest absolute Gasteiger partial charge is 0.255 e. The van der Waals surface area contributed by atoms with Crippen molar-refractivity contribution in [2.45, 2.75) is 4.90 Å². The van der Waals surface area contributed by atoms with Crippen LogP contribution < -0.4 is 5.14 Å². The second kappa shape index (κ2) is 5.43. The van der Waals surface area contributed by atoms with Gasteiger partial charge in [-0.05, 0) is 12.1 Å². The van der Waals surface area contributed by atoms with Crippen LogP contribution in [0, 0.1) is 11.6 Å². The van der Waals surface area contributed by atoms with Crippen molar-refractivity contribution < 1.29 is 26.7 Å². The minimum atomic E-state index is -4.34. The lowest BCUT2D eigenvalue weighted by Gasteiger charge is -2.27. The number of hydrogen-bond acceptors (Lipinski definition) is 4. The maximum atomic E-state index is 13.3. The van der Waals surface area contributed by atoms with Gasteiger partial charge in [-0.15, -0.1) is 0 Å². The highest BCUT2D eigenvalue weighted by Crippen LogP contribution is 2.21. The summed E-state index contributed by atoms with van der Waals surface area (Å²) in [5, 5.41) is 4.93. The zero-order valence-electron chi connectivity index (χ0n) is 10.3. The van der Waals surface area contributed by atoms with Crippen molar-refractivity contribution in [1.29, 1.82) is 0 Å². The fourth-order valence-corrected chi connectivity index (χ4v) is 2.59. The summed E-state index contributed by atoms with van der Waals surface area (Å²) in [6, 6.07) is 0.964. The Hall–Kier alpha value is -1.58. The predicted molar refractivity (Wildman–Crippen MR) is 64.5 cm³/mol. The normalized spacial score (nSPS) is 16.2. The van der Waals surface area contributed by atoms with E-state index in [0.29, 0.717) is 25.3 Å². The van der Waals surface area contributed by atoms with Crippen LogP contribution in [0.1, 0.15) is 10.4 Å². The molecule has 0 spiro atoms. The van der Waals surface area contributed by atoms with Gasteiger partial charge in [-0.2, -0.15) is 0 Å². The van der Waals surface area contributed by atoms with Crippen LogP contribution in [-0.4, -0.2) is 45.5 Å². The molecule has 2 N–H and O–H groups in total. The molecule has 1 aliphatic heterocycles. The Balaban J connectivity index is 2.49. The van der Waals surface area contributed by atoms with Gasteiger partial charge in [0.2, 0.25) is 10.0 Å². The summed E-state index contributed by atoms with van der Waals surface area (Å²) in [4.78, 5) is 12.8. The van der Waals surface area contributed by atoms with Gasteiger partial charge < -0.3 is 9.64 Å². The SMILES string of the molecule is NS(=O)(=O)c1cc(F)c(F)cc1C(=O)N1CCOCC1. The van der Waals surface area contributed by atoms with Crippen molar-refractivity contribution in [2.75, 3.05) is 26.3 Å². The van der Waals surface area contributed by atoms with Gasteiger partial charge in [0.05, 0.1) is 23.7 Å². The van der Waals surface area contributed by atoms with E-state index >= 15 is 0 Å². The lowest BCUT2D eigenvalue weighted by Crippen LogP contribution is -2.41. The summed E-state index contributed by atoms with van der Waals surface area (Å²) in [6.07, 6.45) is 0. The molecule has 20 heavy (non-hydrogen) atoms. The van der Waals surface area contributed by atoms with Gasteiger partial charge in [-0.25, -0.2) is 22.3 Å². The average Bonchev–Trinajstić information content (AvgIpc) is 2.40. The van der Waals surface area contributed by atoms with Crippen LogP contribution in [0.4, 0.5) is 8.78 Å². The Morgan fingerprint density at radius 3 is 2.30 bits per heavy atom. The molecule has 1 fully saturated rings. The number of halogens is 2. The first-order valence-corrected chi connectivity index (χ1v) is 7.24. The van der Waals surface area contributed by atoms with Crippen LogP contribution in [-0.2, 0) is 14.8 Å². The highest BCUT2D eigenvalue weighted by Gasteiger charge is 2.27. The molecule has 0 radical (unpaired) electrons. The van der Waals surface area contributed by atoms with E-state index in [1.54, 1.807) is 0 Å². The van der Waals surface area contributed by atoms with Crippen LogP contribution in [0.25, 0.3) is 0 Å². The number of primary sulfonamides is 1. The highest BCUT2D eigenvalue weighted by molar-refractivity contribution is 7.89. The zero-order chi connectivity index (χ0) is 14.9. The number of ether oxygens (including phenoxy) is 1.